The van der Waals surface area contributed by atoms with Crippen molar-refractivity contribution in [3.05, 3.63) is 126 Å². The molecule has 0 aliphatic rings. The Kier molecular flexibility index (Phi) is 9.63. The second-order valence-electron chi connectivity index (χ2n) is 8.83. The molecule has 4 amide bonds. The maximum absolute atomic E-state index is 13.2. The molecule has 4 rings (SSSR count). The lowest BCUT2D eigenvalue weighted by Gasteiger charge is -2.14. The van der Waals surface area contributed by atoms with Gasteiger partial charge in [-0.05, 0) is 85.3 Å². The average molecular weight is 566 g/mol. The Hall–Kier alpha value is -5.22. The van der Waals surface area contributed by atoms with Crippen molar-refractivity contribution < 1.29 is 19.2 Å². The van der Waals surface area contributed by atoms with Crippen molar-refractivity contribution in [2.24, 2.45) is 5.73 Å². The van der Waals surface area contributed by atoms with Crippen LogP contribution in [0.5, 0.6) is 0 Å². The number of nitrogens with zero attached hydrogens (tertiary/aromatic N) is 1. The Morgan fingerprint density at radius 1 is 0.805 bits per heavy atom. The zero-order valence-corrected chi connectivity index (χ0v) is 22.9. The molecule has 206 valence electrons. The minimum atomic E-state index is -0.538. The van der Waals surface area contributed by atoms with Gasteiger partial charge in [0.05, 0.1) is 5.25 Å². The van der Waals surface area contributed by atoms with Gasteiger partial charge in [0.2, 0.25) is 11.8 Å². The maximum Gasteiger partial charge on any atom is 0.272 e. The molecular weight excluding hydrogens is 538 g/mol. The van der Waals surface area contributed by atoms with Gasteiger partial charge in [-0.2, -0.15) is 0 Å². The maximum atomic E-state index is 13.2. The van der Waals surface area contributed by atoms with Gasteiger partial charge in [0.25, 0.3) is 11.8 Å². The molecule has 0 aliphatic heterocycles. The molecule has 0 bridgehead atoms. The summed E-state index contributed by atoms with van der Waals surface area (Å²) < 4.78 is 0. The fraction of sp³-hybridized carbons (Fsp3) is 0.0645. The SMILES string of the molecule is CC(Sc1ccc(NC(=O)/C(=C/c2cccnc2)NC(=O)c2ccccc2)cc1)C(=O)Nc1ccc(C(N)=O)cc1. The first-order valence-electron chi connectivity index (χ1n) is 12.6. The van der Waals surface area contributed by atoms with Crippen LogP contribution in [0.2, 0.25) is 0 Å². The van der Waals surface area contributed by atoms with Crippen LogP contribution in [0.25, 0.3) is 6.08 Å². The Balaban J connectivity index is 1.39. The molecule has 5 N–H and O–H groups in total. The zero-order valence-electron chi connectivity index (χ0n) is 22.0. The van der Waals surface area contributed by atoms with Crippen molar-refractivity contribution >= 4 is 52.8 Å². The molecule has 1 unspecified atom stereocenters. The van der Waals surface area contributed by atoms with Gasteiger partial charge in [-0.1, -0.05) is 24.3 Å². The van der Waals surface area contributed by atoms with E-state index in [2.05, 4.69) is 20.9 Å². The van der Waals surface area contributed by atoms with Crippen molar-refractivity contribution in [1.29, 1.82) is 0 Å². The highest BCUT2D eigenvalue weighted by molar-refractivity contribution is 8.00. The summed E-state index contributed by atoms with van der Waals surface area (Å²) in [7, 11) is 0. The third kappa shape index (κ3) is 8.38. The monoisotopic (exact) mass is 565 g/mol. The number of amides is 4. The molecule has 1 aromatic heterocycles. The molecule has 4 aromatic rings. The lowest BCUT2D eigenvalue weighted by atomic mass is 10.2. The van der Waals surface area contributed by atoms with Gasteiger partial charge >= 0.3 is 0 Å². The van der Waals surface area contributed by atoms with E-state index in [1.54, 1.807) is 116 Å². The van der Waals surface area contributed by atoms with E-state index in [9.17, 15) is 19.2 Å². The fourth-order valence-electron chi connectivity index (χ4n) is 3.61. The van der Waals surface area contributed by atoms with Crippen LogP contribution in [0, 0.1) is 0 Å². The number of carbonyl (C=O) groups excluding carboxylic acids is 4. The van der Waals surface area contributed by atoms with Gasteiger partial charge in [-0.25, -0.2) is 0 Å². The number of benzene rings is 3. The van der Waals surface area contributed by atoms with Gasteiger partial charge in [0.15, 0.2) is 0 Å². The van der Waals surface area contributed by atoms with Crippen LogP contribution >= 0.6 is 11.8 Å². The quantitative estimate of drug-likeness (QED) is 0.162. The van der Waals surface area contributed by atoms with Crippen molar-refractivity contribution in [3.8, 4) is 0 Å². The number of pyridine rings is 1. The van der Waals surface area contributed by atoms with Crippen LogP contribution < -0.4 is 21.7 Å². The summed E-state index contributed by atoms with van der Waals surface area (Å²) in [5.74, 6) is -1.67. The molecular formula is C31H27N5O4S. The normalized spacial score (nSPS) is 11.7. The van der Waals surface area contributed by atoms with E-state index >= 15 is 0 Å². The number of nitrogens with two attached hydrogens (primary N) is 1. The standard InChI is InChI=1S/C31H27N5O4S/c1-20(29(38)34-24-11-9-22(10-12-24)28(32)37)41-26-15-13-25(14-16-26)35-31(40)27(18-21-6-5-17-33-19-21)36-30(39)23-7-3-2-4-8-23/h2-20H,1H3,(H2,32,37)(H,34,38)(H,35,40)(H,36,39)/b27-18-. The largest absolute Gasteiger partial charge is 0.366 e. The summed E-state index contributed by atoms with van der Waals surface area (Å²) in [5.41, 5.74) is 7.79. The third-order valence-electron chi connectivity index (χ3n) is 5.76. The number of rotatable bonds is 10. The number of carbonyl (C=O) groups is 4. The van der Waals surface area contributed by atoms with Crippen molar-refractivity contribution in [3.63, 3.8) is 0 Å². The lowest BCUT2D eigenvalue weighted by Crippen LogP contribution is -2.30. The van der Waals surface area contributed by atoms with Gasteiger partial charge < -0.3 is 21.7 Å². The smallest absolute Gasteiger partial charge is 0.272 e. The molecule has 9 nitrogen and oxygen atoms in total. The van der Waals surface area contributed by atoms with E-state index in [1.165, 1.54) is 11.8 Å². The first kappa shape index (κ1) is 28.8. The van der Waals surface area contributed by atoms with Crippen LogP contribution in [-0.2, 0) is 9.59 Å². The van der Waals surface area contributed by atoms with E-state index in [1.807, 2.05) is 0 Å². The van der Waals surface area contributed by atoms with E-state index < -0.39 is 23.0 Å². The van der Waals surface area contributed by atoms with Crippen LogP contribution in [0.4, 0.5) is 11.4 Å². The van der Waals surface area contributed by atoms with Gasteiger partial charge in [-0.3, -0.25) is 24.2 Å². The number of aromatic nitrogens is 1. The summed E-state index contributed by atoms with van der Waals surface area (Å²) in [5, 5.41) is 7.88. The molecule has 41 heavy (non-hydrogen) atoms. The van der Waals surface area contributed by atoms with Crippen LogP contribution in [0.15, 0.2) is 114 Å². The predicted molar refractivity (Wildman–Crippen MR) is 160 cm³/mol. The Morgan fingerprint density at radius 2 is 1.46 bits per heavy atom. The van der Waals surface area contributed by atoms with Gasteiger partial charge in [0, 0.05) is 39.8 Å². The number of primary amides is 1. The Morgan fingerprint density at radius 3 is 2.10 bits per heavy atom. The minimum Gasteiger partial charge on any atom is -0.366 e. The van der Waals surface area contributed by atoms with Crippen molar-refractivity contribution in [2.45, 2.75) is 17.1 Å². The molecule has 0 fully saturated rings. The summed E-state index contributed by atoms with van der Waals surface area (Å²) in [4.78, 5) is 54.7. The molecule has 10 heteroatoms. The summed E-state index contributed by atoms with van der Waals surface area (Å²) >= 11 is 1.35. The molecule has 3 aromatic carbocycles. The van der Waals surface area contributed by atoms with Crippen LogP contribution in [0.1, 0.15) is 33.2 Å². The van der Waals surface area contributed by atoms with Crippen molar-refractivity contribution in [1.82, 2.24) is 10.3 Å². The summed E-state index contributed by atoms with van der Waals surface area (Å²) in [6.45, 7) is 1.78. The van der Waals surface area contributed by atoms with E-state index in [-0.39, 0.29) is 11.6 Å². The number of nitrogens with one attached hydrogen (secondary N) is 3. The minimum absolute atomic E-state index is 0.0551. The fourth-order valence-corrected chi connectivity index (χ4v) is 4.47. The lowest BCUT2D eigenvalue weighted by molar-refractivity contribution is -0.115. The second-order valence-corrected chi connectivity index (χ2v) is 10.2. The first-order chi connectivity index (χ1) is 19.8. The molecule has 0 spiro atoms. The predicted octanol–water partition coefficient (Wildman–Crippen LogP) is 4.71. The number of thioether (sulfide) groups is 1. The van der Waals surface area contributed by atoms with E-state index in [0.717, 1.165) is 4.90 Å². The average Bonchev–Trinajstić information content (AvgIpc) is 2.99. The Bertz CT molecular complexity index is 1560. The van der Waals surface area contributed by atoms with Crippen LogP contribution in [0.3, 0.4) is 0 Å². The molecule has 1 atom stereocenters. The van der Waals surface area contributed by atoms with Crippen molar-refractivity contribution in [2.75, 3.05) is 10.6 Å². The number of hydrogen-bond donors (Lipinski definition) is 4. The third-order valence-corrected chi connectivity index (χ3v) is 6.87. The molecule has 0 saturated carbocycles. The number of hydrogen-bond acceptors (Lipinski definition) is 6. The summed E-state index contributed by atoms with van der Waals surface area (Å²) in [6, 6.07) is 25.5. The summed E-state index contributed by atoms with van der Waals surface area (Å²) in [6.07, 6.45) is 4.75. The topological polar surface area (TPSA) is 143 Å². The van der Waals surface area contributed by atoms with E-state index in [4.69, 9.17) is 5.73 Å². The zero-order chi connectivity index (χ0) is 29.2. The molecule has 0 saturated heterocycles. The van der Waals surface area contributed by atoms with Gasteiger partial charge in [0.1, 0.15) is 5.70 Å². The highest BCUT2D eigenvalue weighted by atomic mass is 32.2. The molecule has 0 aliphatic carbocycles. The Labute approximate surface area is 241 Å². The highest BCUT2D eigenvalue weighted by Gasteiger charge is 2.17. The number of anilines is 2. The van der Waals surface area contributed by atoms with Gasteiger partial charge in [-0.15, -0.1) is 11.8 Å². The molecule has 1 heterocycles. The first-order valence-corrected chi connectivity index (χ1v) is 13.4. The van der Waals surface area contributed by atoms with E-state index in [0.29, 0.717) is 28.1 Å². The van der Waals surface area contributed by atoms with Crippen LogP contribution in [-0.4, -0.2) is 33.9 Å². The highest BCUT2D eigenvalue weighted by Crippen LogP contribution is 2.26. The second kappa shape index (κ2) is 13.7. The molecule has 0 radical (unpaired) electrons.